The number of amides is 1. The topological polar surface area (TPSA) is 90.1 Å². The number of aromatic nitrogens is 4. The van der Waals surface area contributed by atoms with E-state index in [4.69, 9.17) is 0 Å². The first-order valence-corrected chi connectivity index (χ1v) is 10.3. The van der Waals surface area contributed by atoms with Gasteiger partial charge in [0, 0.05) is 53.8 Å². The second-order valence-electron chi connectivity index (χ2n) is 8.45. The third-order valence-corrected chi connectivity index (χ3v) is 6.78. The van der Waals surface area contributed by atoms with Gasteiger partial charge in [0.15, 0.2) is 0 Å². The van der Waals surface area contributed by atoms with E-state index in [1.807, 2.05) is 37.5 Å². The second kappa shape index (κ2) is 5.92. The summed E-state index contributed by atoms with van der Waals surface area (Å²) in [6.45, 7) is 2.58. The van der Waals surface area contributed by atoms with E-state index in [2.05, 4.69) is 27.2 Å². The Morgan fingerprint density at radius 1 is 1.30 bits per heavy atom. The predicted octanol–water partition coefficient (Wildman–Crippen LogP) is 3.78. The minimum absolute atomic E-state index is 0.00448. The third kappa shape index (κ3) is 2.16. The van der Waals surface area contributed by atoms with E-state index in [1.165, 1.54) is 0 Å². The lowest BCUT2D eigenvalue weighted by atomic mass is 9.75. The fraction of sp³-hybridized carbons (Fsp3) is 0.304. The number of aromatic amines is 1. The van der Waals surface area contributed by atoms with Crippen molar-refractivity contribution in [2.45, 2.75) is 19.8 Å². The maximum absolute atomic E-state index is 13.5. The van der Waals surface area contributed by atoms with Gasteiger partial charge >= 0.3 is 0 Å². The fourth-order valence-corrected chi connectivity index (χ4v) is 5.08. The van der Waals surface area contributed by atoms with E-state index in [0.717, 1.165) is 46.2 Å². The van der Waals surface area contributed by atoms with Crippen LogP contribution in [0.1, 0.15) is 19.8 Å². The molecule has 1 aliphatic heterocycles. The Kier molecular flexibility index (Phi) is 3.40. The van der Waals surface area contributed by atoms with Gasteiger partial charge in [0.25, 0.3) is 0 Å². The van der Waals surface area contributed by atoms with Gasteiger partial charge in [0.05, 0.1) is 17.3 Å². The van der Waals surface area contributed by atoms with Crippen molar-refractivity contribution in [1.29, 1.82) is 5.26 Å². The summed E-state index contributed by atoms with van der Waals surface area (Å²) in [6, 6.07) is 10.3. The molecule has 30 heavy (non-hydrogen) atoms. The van der Waals surface area contributed by atoms with Crippen molar-refractivity contribution >= 4 is 28.1 Å². The van der Waals surface area contributed by atoms with Gasteiger partial charge in [0.1, 0.15) is 11.1 Å². The van der Waals surface area contributed by atoms with Crippen LogP contribution >= 0.6 is 0 Å². The smallest absolute Gasteiger partial charge is 0.248 e. The molecule has 148 valence electrons. The molecule has 7 nitrogen and oxygen atoms in total. The van der Waals surface area contributed by atoms with Crippen LogP contribution in [0.4, 0.5) is 5.69 Å². The van der Waals surface area contributed by atoms with Gasteiger partial charge in [-0.05, 0) is 43.0 Å². The molecule has 4 aromatic rings. The molecule has 0 spiro atoms. The molecule has 4 aromatic heterocycles. The molecule has 5 heterocycles. The molecule has 1 aliphatic carbocycles. The number of anilines is 1. The lowest BCUT2D eigenvalue weighted by Crippen LogP contribution is -2.37. The van der Waals surface area contributed by atoms with Gasteiger partial charge in [-0.3, -0.25) is 4.79 Å². The van der Waals surface area contributed by atoms with Crippen molar-refractivity contribution in [1.82, 2.24) is 19.6 Å². The van der Waals surface area contributed by atoms with Crippen molar-refractivity contribution in [3.63, 3.8) is 0 Å². The maximum Gasteiger partial charge on any atom is 0.248 e. The molecule has 2 fully saturated rings. The number of carbonyl (C=O) groups excluding carboxylic acids is 1. The maximum atomic E-state index is 13.5. The van der Waals surface area contributed by atoms with E-state index < -0.39 is 5.41 Å². The highest BCUT2D eigenvalue weighted by molar-refractivity contribution is 6.06. The van der Waals surface area contributed by atoms with Gasteiger partial charge in [-0.25, -0.2) is 9.50 Å². The molecular formula is C23H20N6O. The number of nitrogens with one attached hydrogen (secondary N) is 1. The molecule has 1 saturated heterocycles. The van der Waals surface area contributed by atoms with Crippen LogP contribution in [0, 0.1) is 28.6 Å². The Morgan fingerprint density at radius 3 is 2.97 bits per heavy atom. The number of hydrogen-bond acceptors (Lipinski definition) is 4. The second-order valence-corrected chi connectivity index (χ2v) is 8.45. The standard InChI is InChI=1S/C23H20N6O/c1-14-11-28(22(30)23(14,13-24)16-4-5-16)19-6-8-27-29-12-15(9-20(19)29)18-10-26-21-17(18)3-2-7-25-21/h2-3,6-10,12,14,16H,4-5,11H2,1H3,(H,25,26)/t14-,23+/m1/s1. The monoisotopic (exact) mass is 396 g/mol. The highest BCUT2D eigenvalue weighted by Gasteiger charge is 2.61. The molecule has 6 rings (SSSR count). The van der Waals surface area contributed by atoms with Crippen LogP contribution < -0.4 is 4.90 Å². The van der Waals surface area contributed by atoms with Gasteiger partial charge < -0.3 is 9.88 Å². The number of hydrogen-bond donors (Lipinski definition) is 1. The molecule has 2 atom stereocenters. The fourth-order valence-electron chi connectivity index (χ4n) is 5.08. The Morgan fingerprint density at radius 2 is 2.17 bits per heavy atom. The lowest BCUT2D eigenvalue weighted by Gasteiger charge is -2.23. The Labute approximate surface area is 172 Å². The average Bonchev–Trinajstić information content (AvgIpc) is 3.28. The van der Waals surface area contributed by atoms with Gasteiger partial charge in [-0.15, -0.1) is 0 Å². The molecule has 2 aliphatic rings. The number of fused-ring (bicyclic) bond motifs is 2. The summed E-state index contributed by atoms with van der Waals surface area (Å²) in [5, 5.41) is 15.5. The van der Waals surface area contributed by atoms with Gasteiger partial charge in [-0.1, -0.05) is 6.92 Å². The number of carbonyl (C=O) groups is 1. The number of pyridine rings is 1. The van der Waals surface area contributed by atoms with E-state index >= 15 is 0 Å². The highest BCUT2D eigenvalue weighted by atomic mass is 16.2. The first-order chi connectivity index (χ1) is 14.6. The van der Waals surface area contributed by atoms with E-state index in [0.29, 0.717) is 6.54 Å². The van der Waals surface area contributed by atoms with Crippen LogP contribution in [-0.4, -0.2) is 32.0 Å². The quantitative estimate of drug-likeness (QED) is 0.571. The number of rotatable bonds is 3. The van der Waals surface area contributed by atoms with E-state index in [9.17, 15) is 10.1 Å². The summed E-state index contributed by atoms with van der Waals surface area (Å²) in [7, 11) is 0. The van der Waals surface area contributed by atoms with Crippen molar-refractivity contribution < 1.29 is 4.79 Å². The summed E-state index contributed by atoms with van der Waals surface area (Å²) >= 11 is 0. The minimum Gasteiger partial charge on any atom is -0.346 e. The Balaban J connectivity index is 1.48. The molecular weight excluding hydrogens is 376 g/mol. The largest absolute Gasteiger partial charge is 0.346 e. The van der Waals surface area contributed by atoms with Crippen molar-refractivity contribution in [2.75, 3.05) is 11.4 Å². The number of nitrogens with zero attached hydrogens (tertiary/aromatic N) is 5. The van der Waals surface area contributed by atoms with Gasteiger partial charge in [0.2, 0.25) is 5.91 Å². The zero-order valence-electron chi connectivity index (χ0n) is 16.5. The van der Waals surface area contributed by atoms with Crippen LogP contribution in [0.2, 0.25) is 0 Å². The molecule has 0 radical (unpaired) electrons. The van der Waals surface area contributed by atoms with Crippen molar-refractivity contribution in [3.8, 4) is 17.2 Å². The van der Waals surface area contributed by atoms with Crippen LogP contribution in [0.15, 0.2) is 49.1 Å². The molecule has 0 aromatic carbocycles. The summed E-state index contributed by atoms with van der Waals surface area (Å²) in [5.41, 5.74) is 3.66. The summed E-state index contributed by atoms with van der Waals surface area (Å²) in [4.78, 5) is 22.8. The first-order valence-electron chi connectivity index (χ1n) is 10.3. The predicted molar refractivity (Wildman–Crippen MR) is 113 cm³/mol. The molecule has 7 heteroatoms. The normalized spacial score (nSPS) is 24.1. The van der Waals surface area contributed by atoms with Crippen molar-refractivity contribution in [2.24, 2.45) is 17.3 Å². The zero-order valence-corrected chi connectivity index (χ0v) is 16.5. The van der Waals surface area contributed by atoms with Gasteiger partial charge in [-0.2, -0.15) is 10.4 Å². The summed E-state index contributed by atoms with van der Waals surface area (Å²) in [6.07, 6.45) is 9.32. The molecule has 0 bridgehead atoms. The Hall–Kier alpha value is -3.66. The lowest BCUT2D eigenvalue weighted by molar-refractivity contribution is -0.124. The minimum atomic E-state index is -0.891. The van der Waals surface area contributed by atoms with Crippen molar-refractivity contribution in [3.05, 3.63) is 49.1 Å². The molecule has 0 unspecified atom stereocenters. The third-order valence-electron chi connectivity index (χ3n) is 6.78. The molecule has 1 N–H and O–H groups in total. The highest BCUT2D eigenvalue weighted by Crippen LogP contribution is 2.54. The van der Waals surface area contributed by atoms with Crippen LogP contribution in [0.3, 0.4) is 0 Å². The van der Waals surface area contributed by atoms with Crippen LogP contribution in [-0.2, 0) is 4.79 Å². The first kappa shape index (κ1) is 17.2. The van der Waals surface area contributed by atoms with Crippen LogP contribution in [0.25, 0.3) is 27.7 Å². The number of H-pyrrole nitrogens is 1. The van der Waals surface area contributed by atoms with E-state index in [1.54, 1.807) is 21.8 Å². The SMILES string of the molecule is C[C@@H]1CN(c2ccnn3cc(-c4c[nH]c5ncccc45)cc23)C(=O)[C@]1(C#N)C1CC1. The summed E-state index contributed by atoms with van der Waals surface area (Å²) < 4.78 is 1.81. The molecule has 1 saturated carbocycles. The zero-order chi connectivity index (χ0) is 20.5. The average molecular weight is 396 g/mol. The summed E-state index contributed by atoms with van der Waals surface area (Å²) in [5.74, 6) is 0.130. The van der Waals surface area contributed by atoms with E-state index in [-0.39, 0.29) is 17.7 Å². The Bertz CT molecular complexity index is 1360. The van der Waals surface area contributed by atoms with Crippen LogP contribution in [0.5, 0.6) is 0 Å². The number of nitriles is 1. The molecule has 1 amide bonds.